The van der Waals surface area contributed by atoms with Crippen LogP contribution in [-0.2, 0) is 0 Å². The second-order valence-corrected chi connectivity index (χ2v) is 8.44. The van der Waals surface area contributed by atoms with Crippen molar-refractivity contribution in [3.63, 3.8) is 0 Å². The van der Waals surface area contributed by atoms with Crippen LogP contribution in [0.5, 0.6) is 0 Å². The highest BCUT2D eigenvalue weighted by atomic mass is 32.1. The SMILES string of the molecule is CC(=O)c1ccc(-c2ccc([C@@H]3NC(=O)N[C@@](O)(C(F)(F)F)[C@H]3C(=O)c3cccs3)o2)cc1. The molecule has 1 saturated heterocycles. The molecule has 3 heterocycles. The largest absolute Gasteiger partial charge is 0.459 e. The zero-order valence-corrected chi connectivity index (χ0v) is 17.8. The first kappa shape index (κ1) is 22.7. The highest BCUT2D eigenvalue weighted by Crippen LogP contribution is 2.45. The maximum atomic E-state index is 13.9. The molecule has 0 radical (unpaired) electrons. The summed E-state index contributed by atoms with van der Waals surface area (Å²) in [6, 6.07) is 9.04. The summed E-state index contributed by atoms with van der Waals surface area (Å²) in [5.74, 6) is -3.21. The number of thiophene rings is 1. The molecule has 1 aromatic carbocycles. The minimum absolute atomic E-state index is 0.0165. The number of ketones is 2. The number of hydrogen-bond acceptors (Lipinski definition) is 6. The van der Waals surface area contributed by atoms with Gasteiger partial charge in [-0.25, -0.2) is 4.79 Å². The van der Waals surface area contributed by atoms with Gasteiger partial charge in [0.1, 0.15) is 23.5 Å². The summed E-state index contributed by atoms with van der Waals surface area (Å²) in [4.78, 5) is 36.6. The number of rotatable bonds is 5. The van der Waals surface area contributed by atoms with Crippen LogP contribution in [0.1, 0.15) is 38.8 Å². The highest BCUT2D eigenvalue weighted by Gasteiger charge is 2.67. The van der Waals surface area contributed by atoms with Gasteiger partial charge >= 0.3 is 12.2 Å². The number of urea groups is 1. The van der Waals surface area contributed by atoms with E-state index >= 15 is 0 Å². The molecule has 0 bridgehead atoms. The van der Waals surface area contributed by atoms with Crippen LogP contribution in [0.4, 0.5) is 18.0 Å². The second-order valence-electron chi connectivity index (χ2n) is 7.50. The molecule has 4 rings (SSSR count). The van der Waals surface area contributed by atoms with Crippen LogP contribution in [0, 0.1) is 5.92 Å². The van der Waals surface area contributed by atoms with E-state index in [-0.39, 0.29) is 22.2 Å². The number of benzene rings is 1. The fraction of sp³-hybridized carbons (Fsp3) is 0.227. The Hall–Kier alpha value is -3.44. The Morgan fingerprint density at radius 2 is 1.82 bits per heavy atom. The van der Waals surface area contributed by atoms with E-state index < -0.39 is 35.7 Å². The fourth-order valence-electron chi connectivity index (χ4n) is 3.69. The minimum atomic E-state index is -5.35. The lowest BCUT2D eigenvalue weighted by atomic mass is 9.80. The number of carbonyl (C=O) groups is 3. The molecule has 1 fully saturated rings. The van der Waals surface area contributed by atoms with E-state index in [0.29, 0.717) is 11.1 Å². The Morgan fingerprint density at radius 3 is 2.39 bits per heavy atom. The van der Waals surface area contributed by atoms with Crippen LogP contribution < -0.4 is 10.6 Å². The van der Waals surface area contributed by atoms with E-state index in [1.54, 1.807) is 24.3 Å². The Balaban J connectivity index is 1.76. The summed E-state index contributed by atoms with van der Waals surface area (Å²) in [5, 5.41) is 15.8. The van der Waals surface area contributed by atoms with Crippen LogP contribution in [0.3, 0.4) is 0 Å². The maximum Gasteiger partial charge on any atom is 0.437 e. The standard InChI is InChI=1S/C22H17F3N2O5S/c1-11(28)12-4-6-13(7-5-12)14-8-9-15(32-14)18-17(19(29)16-3-2-10-33-16)21(31,22(23,24)25)27-20(30)26-18/h2-10,17-18,31H,1H3,(H2,26,27,30)/t17-,18+,21+/m1/s1. The Bertz CT molecular complexity index is 1200. The van der Waals surface area contributed by atoms with Gasteiger partial charge in [0.25, 0.3) is 0 Å². The van der Waals surface area contributed by atoms with Crippen LogP contribution in [0.25, 0.3) is 11.3 Å². The molecule has 1 aliphatic heterocycles. The molecule has 11 heteroatoms. The molecule has 1 aliphatic rings. The normalized spacial score (nSPS) is 23.0. The molecule has 0 unspecified atom stereocenters. The highest BCUT2D eigenvalue weighted by molar-refractivity contribution is 7.12. The van der Waals surface area contributed by atoms with Crippen LogP contribution >= 0.6 is 11.3 Å². The van der Waals surface area contributed by atoms with Crippen LogP contribution in [0.15, 0.2) is 58.3 Å². The van der Waals surface area contributed by atoms with E-state index in [1.807, 2.05) is 0 Å². The van der Waals surface area contributed by atoms with Gasteiger partial charge in [-0.2, -0.15) is 13.2 Å². The molecule has 3 N–H and O–H groups in total. The Labute approximate surface area is 189 Å². The van der Waals surface area contributed by atoms with Crippen molar-refractivity contribution in [2.45, 2.75) is 24.9 Å². The minimum Gasteiger partial charge on any atom is -0.459 e. The van der Waals surface area contributed by atoms with Gasteiger partial charge in [-0.3, -0.25) is 9.59 Å². The van der Waals surface area contributed by atoms with Crippen molar-refractivity contribution >= 4 is 28.9 Å². The first-order valence-electron chi connectivity index (χ1n) is 9.68. The topological polar surface area (TPSA) is 109 Å². The molecule has 3 atom stereocenters. The average Bonchev–Trinajstić information content (AvgIpc) is 3.44. The van der Waals surface area contributed by atoms with E-state index in [1.165, 1.54) is 41.9 Å². The predicted octanol–water partition coefficient (Wildman–Crippen LogP) is 4.31. The lowest BCUT2D eigenvalue weighted by Gasteiger charge is -2.44. The van der Waals surface area contributed by atoms with Gasteiger partial charge in [0, 0.05) is 11.1 Å². The number of furan rings is 1. The van der Waals surface area contributed by atoms with E-state index in [4.69, 9.17) is 4.42 Å². The first-order chi connectivity index (χ1) is 15.5. The van der Waals surface area contributed by atoms with Crippen molar-refractivity contribution in [3.8, 4) is 11.3 Å². The Morgan fingerprint density at radius 1 is 1.12 bits per heavy atom. The maximum absolute atomic E-state index is 13.9. The van der Waals surface area contributed by atoms with Gasteiger partial charge < -0.3 is 20.2 Å². The van der Waals surface area contributed by atoms with Crippen molar-refractivity contribution in [3.05, 3.63) is 70.1 Å². The summed E-state index contributed by atoms with van der Waals surface area (Å²) in [5.41, 5.74) is -2.83. The second kappa shape index (κ2) is 8.16. The number of alkyl halides is 3. The molecule has 0 aliphatic carbocycles. The van der Waals surface area contributed by atoms with Crippen LogP contribution in [0.2, 0.25) is 0 Å². The smallest absolute Gasteiger partial charge is 0.437 e. The first-order valence-corrected chi connectivity index (χ1v) is 10.6. The average molecular weight is 478 g/mol. The number of aliphatic hydroxyl groups is 1. The molecule has 0 saturated carbocycles. The van der Waals surface area contributed by atoms with Gasteiger partial charge in [0.2, 0.25) is 5.72 Å². The number of Topliss-reactive ketones (excluding diaryl/α,β-unsaturated/α-hetero) is 2. The molecule has 2 aromatic heterocycles. The van der Waals surface area contributed by atoms with Gasteiger partial charge in [-0.1, -0.05) is 30.3 Å². The van der Waals surface area contributed by atoms with Crippen LogP contribution in [-0.4, -0.2) is 34.6 Å². The van der Waals surface area contributed by atoms with Gasteiger partial charge in [0.15, 0.2) is 11.6 Å². The van der Waals surface area contributed by atoms with Gasteiger partial charge in [-0.15, -0.1) is 11.3 Å². The molecule has 7 nitrogen and oxygen atoms in total. The van der Waals surface area contributed by atoms with Crippen molar-refractivity contribution in [1.82, 2.24) is 10.6 Å². The molecule has 33 heavy (non-hydrogen) atoms. The zero-order valence-electron chi connectivity index (χ0n) is 17.0. The number of amides is 2. The lowest BCUT2D eigenvalue weighted by molar-refractivity contribution is -0.287. The fourth-order valence-corrected chi connectivity index (χ4v) is 4.40. The van der Waals surface area contributed by atoms with E-state index in [0.717, 1.165) is 11.3 Å². The molecule has 172 valence electrons. The summed E-state index contributed by atoms with van der Waals surface area (Å²) in [6.45, 7) is 1.41. The molecule has 3 aromatic rings. The monoisotopic (exact) mass is 478 g/mol. The number of hydrogen-bond donors (Lipinski definition) is 3. The zero-order chi connectivity index (χ0) is 24.0. The summed E-state index contributed by atoms with van der Waals surface area (Å²) in [6.07, 6.45) is -5.35. The van der Waals surface area contributed by atoms with Crippen molar-refractivity contribution in [2.75, 3.05) is 0 Å². The molecular formula is C22H17F3N2O5S. The molecule has 0 spiro atoms. The van der Waals surface area contributed by atoms with Crippen molar-refractivity contribution < 1.29 is 37.1 Å². The number of halogens is 3. The summed E-state index contributed by atoms with van der Waals surface area (Å²) >= 11 is 0.913. The van der Waals surface area contributed by atoms with Gasteiger partial charge in [0.05, 0.1) is 4.88 Å². The third-order valence-corrected chi connectivity index (χ3v) is 6.25. The molecule has 2 amide bonds. The third-order valence-electron chi connectivity index (χ3n) is 5.36. The number of carbonyl (C=O) groups excluding carboxylic acids is 3. The summed E-state index contributed by atoms with van der Waals surface area (Å²) in [7, 11) is 0. The van der Waals surface area contributed by atoms with E-state index in [9.17, 15) is 32.7 Å². The number of nitrogens with one attached hydrogen (secondary N) is 2. The summed E-state index contributed by atoms with van der Waals surface area (Å²) < 4.78 is 47.4. The molecular weight excluding hydrogens is 461 g/mol. The quantitative estimate of drug-likeness (QED) is 0.474. The van der Waals surface area contributed by atoms with Crippen molar-refractivity contribution in [2.24, 2.45) is 5.92 Å². The third kappa shape index (κ3) is 4.05. The lowest BCUT2D eigenvalue weighted by Crippen LogP contribution is -2.72. The Kier molecular flexibility index (Phi) is 5.62. The predicted molar refractivity (Wildman–Crippen MR) is 112 cm³/mol. The van der Waals surface area contributed by atoms with Crippen molar-refractivity contribution in [1.29, 1.82) is 0 Å². The van der Waals surface area contributed by atoms with Gasteiger partial charge in [-0.05, 0) is 30.5 Å². The van der Waals surface area contributed by atoms with E-state index in [2.05, 4.69) is 5.32 Å².